The van der Waals surface area contributed by atoms with E-state index in [-0.39, 0.29) is 18.1 Å². The summed E-state index contributed by atoms with van der Waals surface area (Å²) in [5.74, 6) is 0.227. The van der Waals surface area contributed by atoms with Crippen molar-refractivity contribution < 1.29 is 14.6 Å². The number of rotatable bonds is 8. The van der Waals surface area contributed by atoms with Crippen molar-refractivity contribution in [2.75, 3.05) is 6.61 Å². The predicted molar refractivity (Wildman–Crippen MR) is 154 cm³/mol. The van der Waals surface area contributed by atoms with Crippen molar-refractivity contribution in [2.24, 2.45) is 0 Å². The van der Waals surface area contributed by atoms with E-state index in [1.165, 1.54) is 11.1 Å². The molecule has 1 N–H and O–H groups in total. The maximum atomic E-state index is 9.69. The molecular weight excluding hydrogens is 500 g/mol. The Morgan fingerprint density at radius 1 is 0.900 bits per heavy atom. The summed E-state index contributed by atoms with van der Waals surface area (Å²) >= 11 is 0. The first kappa shape index (κ1) is 25.9. The van der Waals surface area contributed by atoms with Crippen LogP contribution in [0.2, 0.25) is 0 Å². The minimum Gasteiger partial charge on any atom is -0.508 e. The average molecular weight is 533 g/mol. The Balaban J connectivity index is 1.24. The Bertz CT molecular complexity index is 1550. The minimum atomic E-state index is -0.184. The van der Waals surface area contributed by atoms with Gasteiger partial charge in [-0.2, -0.15) is 5.10 Å². The molecule has 0 saturated carbocycles. The third-order valence-corrected chi connectivity index (χ3v) is 7.19. The van der Waals surface area contributed by atoms with Gasteiger partial charge in [0.05, 0.1) is 30.7 Å². The van der Waals surface area contributed by atoms with Crippen LogP contribution in [-0.2, 0) is 16.1 Å². The summed E-state index contributed by atoms with van der Waals surface area (Å²) in [6.07, 6.45) is 8.35. The van der Waals surface area contributed by atoms with Crippen molar-refractivity contribution in [1.82, 2.24) is 19.7 Å². The highest BCUT2D eigenvalue weighted by molar-refractivity contribution is 5.80. The molecule has 1 saturated heterocycles. The molecule has 0 spiro atoms. The van der Waals surface area contributed by atoms with Crippen LogP contribution in [0.3, 0.4) is 0 Å². The first-order valence-electron chi connectivity index (χ1n) is 13.7. The summed E-state index contributed by atoms with van der Waals surface area (Å²) in [6.45, 7) is 3.21. The molecule has 2 atom stereocenters. The van der Waals surface area contributed by atoms with Crippen LogP contribution in [0.1, 0.15) is 36.6 Å². The van der Waals surface area contributed by atoms with Crippen LogP contribution in [0.5, 0.6) is 5.75 Å². The molecule has 5 aromatic rings. The van der Waals surface area contributed by atoms with Crippen LogP contribution in [0.15, 0.2) is 97.5 Å². The fraction of sp³-hybridized carbons (Fsp3) is 0.242. The zero-order valence-electron chi connectivity index (χ0n) is 22.5. The molecule has 0 amide bonds. The van der Waals surface area contributed by atoms with E-state index in [1.807, 2.05) is 47.1 Å². The minimum absolute atomic E-state index is 0.0113. The maximum absolute atomic E-state index is 9.69. The van der Waals surface area contributed by atoms with Crippen LogP contribution in [0.4, 0.5) is 0 Å². The van der Waals surface area contributed by atoms with Gasteiger partial charge in [0, 0.05) is 29.7 Å². The van der Waals surface area contributed by atoms with Gasteiger partial charge < -0.3 is 14.6 Å². The van der Waals surface area contributed by atoms with Crippen molar-refractivity contribution in [3.8, 4) is 39.5 Å². The second-order valence-electron chi connectivity index (χ2n) is 10.2. The van der Waals surface area contributed by atoms with Gasteiger partial charge in [-0.3, -0.25) is 9.97 Å². The molecular formula is C33H32N4O3. The fourth-order valence-electron chi connectivity index (χ4n) is 5.02. The molecule has 0 radical (unpaired) electrons. The van der Waals surface area contributed by atoms with Gasteiger partial charge in [-0.05, 0) is 85.8 Å². The lowest BCUT2D eigenvalue weighted by molar-refractivity contribution is -0.123. The third kappa shape index (κ3) is 5.96. The number of benzene rings is 2. The van der Waals surface area contributed by atoms with E-state index < -0.39 is 0 Å². The molecule has 2 aromatic carbocycles. The summed E-state index contributed by atoms with van der Waals surface area (Å²) in [4.78, 5) is 9.16. The van der Waals surface area contributed by atoms with Crippen molar-refractivity contribution in [3.63, 3.8) is 0 Å². The first-order valence-corrected chi connectivity index (χ1v) is 13.7. The Morgan fingerprint density at radius 2 is 1.73 bits per heavy atom. The van der Waals surface area contributed by atoms with E-state index in [1.54, 1.807) is 24.5 Å². The average Bonchev–Trinajstić information content (AvgIpc) is 3.45. The molecule has 1 aliphatic heterocycles. The highest BCUT2D eigenvalue weighted by Crippen LogP contribution is 2.35. The van der Waals surface area contributed by atoms with Crippen molar-refractivity contribution >= 4 is 0 Å². The predicted octanol–water partition coefficient (Wildman–Crippen LogP) is 6.97. The van der Waals surface area contributed by atoms with Gasteiger partial charge in [-0.25, -0.2) is 4.68 Å². The zero-order chi connectivity index (χ0) is 27.3. The maximum Gasteiger partial charge on any atom is 0.150 e. The van der Waals surface area contributed by atoms with Crippen LogP contribution in [-0.4, -0.2) is 37.6 Å². The van der Waals surface area contributed by atoms with Gasteiger partial charge in [-0.15, -0.1) is 0 Å². The van der Waals surface area contributed by atoms with Gasteiger partial charge in [0.2, 0.25) is 0 Å². The van der Waals surface area contributed by atoms with Gasteiger partial charge in [-0.1, -0.05) is 35.9 Å². The smallest absolute Gasteiger partial charge is 0.150 e. The lowest BCUT2D eigenvalue weighted by Gasteiger charge is -2.30. The molecule has 0 bridgehead atoms. The SMILES string of the molecule is Cc1ccc(COCC2CCCC(n3cc(-c4ccnc(-c5ccc(O)cc5)c4)c(-c4ccccn4)n3)O2)cc1. The molecule has 7 nitrogen and oxygen atoms in total. The fourth-order valence-corrected chi connectivity index (χ4v) is 5.02. The van der Waals surface area contributed by atoms with Crippen LogP contribution < -0.4 is 0 Å². The van der Waals surface area contributed by atoms with Gasteiger partial charge in [0.25, 0.3) is 0 Å². The molecule has 7 heteroatoms. The van der Waals surface area contributed by atoms with E-state index in [2.05, 4.69) is 47.4 Å². The molecule has 6 rings (SSSR count). The summed E-state index contributed by atoms with van der Waals surface area (Å²) in [5.41, 5.74) is 7.69. The number of aromatic hydroxyl groups is 1. The van der Waals surface area contributed by atoms with Crippen molar-refractivity contribution in [1.29, 1.82) is 0 Å². The Kier molecular flexibility index (Phi) is 7.66. The second kappa shape index (κ2) is 11.8. The molecule has 1 fully saturated rings. The van der Waals surface area contributed by atoms with Gasteiger partial charge >= 0.3 is 0 Å². The molecule has 4 heterocycles. The third-order valence-electron chi connectivity index (χ3n) is 7.19. The number of hydrogen-bond acceptors (Lipinski definition) is 6. The highest BCUT2D eigenvalue weighted by atomic mass is 16.5. The number of nitrogens with zero attached hydrogens (tertiary/aromatic N) is 4. The summed E-state index contributed by atoms with van der Waals surface area (Å²) in [7, 11) is 0. The number of aromatic nitrogens is 4. The van der Waals surface area contributed by atoms with E-state index >= 15 is 0 Å². The van der Waals surface area contributed by atoms with E-state index in [9.17, 15) is 5.11 Å². The Labute approximate surface area is 234 Å². The van der Waals surface area contributed by atoms with E-state index in [0.717, 1.165) is 53.0 Å². The summed E-state index contributed by atoms with van der Waals surface area (Å²) < 4.78 is 14.5. The molecule has 3 aromatic heterocycles. The number of pyridine rings is 2. The standard InChI is InChI=1S/C33H32N4O3/c1-23-8-10-24(11-9-23)21-39-22-28-5-4-7-32(40-28)37-20-29(33(36-37)30-6-2-3-17-34-30)26-16-18-35-31(19-26)25-12-14-27(38)15-13-25/h2-3,6,8-20,28,32,38H,4-5,7,21-22H2,1H3. The van der Waals surface area contributed by atoms with Crippen molar-refractivity contribution in [2.45, 2.75) is 45.1 Å². The normalized spacial score (nSPS) is 17.1. The molecule has 202 valence electrons. The second-order valence-corrected chi connectivity index (χ2v) is 10.2. The lowest BCUT2D eigenvalue weighted by Crippen LogP contribution is -2.29. The quantitative estimate of drug-likeness (QED) is 0.232. The topological polar surface area (TPSA) is 82.3 Å². The first-order chi connectivity index (χ1) is 19.6. The number of phenolic OH excluding ortho intramolecular Hbond substituents is 1. The molecule has 0 aliphatic carbocycles. The molecule has 2 unspecified atom stereocenters. The summed E-state index contributed by atoms with van der Waals surface area (Å²) in [6, 6.07) is 25.4. The van der Waals surface area contributed by atoms with Crippen molar-refractivity contribution in [3.05, 3.63) is 109 Å². The van der Waals surface area contributed by atoms with Crippen LogP contribution in [0, 0.1) is 6.92 Å². The lowest BCUT2D eigenvalue weighted by atomic mass is 10.0. The molecule has 1 aliphatic rings. The molecule has 40 heavy (non-hydrogen) atoms. The number of ether oxygens (including phenoxy) is 2. The van der Waals surface area contributed by atoms with Gasteiger partial charge in [0.1, 0.15) is 11.4 Å². The number of hydrogen-bond donors (Lipinski definition) is 1. The number of aryl methyl sites for hydroxylation is 1. The monoisotopic (exact) mass is 532 g/mol. The summed E-state index contributed by atoms with van der Waals surface area (Å²) in [5, 5.41) is 14.7. The Hall–Kier alpha value is -4.33. The largest absolute Gasteiger partial charge is 0.508 e. The Morgan fingerprint density at radius 3 is 2.52 bits per heavy atom. The zero-order valence-corrected chi connectivity index (χ0v) is 22.5. The number of phenols is 1. The van der Waals surface area contributed by atoms with E-state index in [4.69, 9.17) is 14.6 Å². The highest BCUT2D eigenvalue weighted by Gasteiger charge is 2.26. The van der Waals surface area contributed by atoms with E-state index in [0.29, 0.717) is 13.2 Å². The van der Waals surface area contributed by atoms with Gasteiger partial charge in [0.15, 0.2) is 6.23 Å². The van der Waals surface area contributed by atoms with Crippen LogP contribution in [0.25, 0.3) is 33.8 Å². The van der Waals surface area contributed by atoms with Crippen LogP contribution >= 0.6 is 0 Å².